The Hall–Kier alpha value is -3.19. The Balaban J connectivity index is 2.18. The van der Waals surface area contributed by atoms with Gasteiger partial charge in [-0.2, -0.15) is 0 Å². The normalized spacial score (nSPS) is 11.5. The van der Waals surface area contributed by atoms with Crippen LogP contribution in [0.1, 0.15) is 6.42 Å². The third kappa shape index (κ3) is 2.36. The molecule has 0 saturated heterocycles. The van der Waals surface area contributed by atoms with E-state index in [0.717, 1.165) is 34.0 Å². The Labute approximate surface area is 149 Å². The lowest BCUT2D eigenvalue weighted by molar-refractivity contribution is -0.383. The number of anilines is 1. The van der Waals surface area contributed by atoms with E-state index in [2.05, 4.69) is 5.32 Å². The van der Waals surface area contributed by atoms with Gasteiger partial charge in [0.05, 0.1) is 21.3 Å². The zero-order valence-electron chi connectivity index (χ0n) is 14.4. The number of nitro benzene ring substituents is 1. The molecule has 0 amide bonds. The fourth-order valence-electron chi connectivity index (χ4n) is 3.56. The van der Waals surface area contributed by atoms with Gasteiger partial charge in [0, 0.05) is 30.6 Å². The van der Waals surface area contributed by atoms with Gasteiger partial charge in [-0.3, -0.25) is 10.1 Å². The van der Waals surface area contributed by atoms with E-state index in [-0.39, 0.29) is 10.6 Å². The molecule has 0 atom stereocenters. The van der Waals surface area contributed by atoms with Gasteiger partial charge in [-0.25, -0.2) is 4.98 Å². The van der Waals surface area contributed by atoms with Gasteiger partial charge in [0.25, 0.3) is 5.69 Å². The Bertz CT molecular complexity index is 1150. The monoisotopic (exact) mass is 349 g/mol. The third-order valence-electron chi connectivity index (χ3n) is 4.70. The number of hydrogen-bond acceptors (Lipinski definition) is 5. The number of benzene rings is 2. The van der Waals surface area contributed by atoms with Crippen molar-refractivity contribution >= 4 is 44.2 Å². The number of para-hydroxylation sites is 1. The van der Waals surface area contributed by atoms with Crippen molar-refractivity contribution in [2.75, 3.05) is 18.4 Å². The maximum absolute atomic E-state index is 11.6. The SMILES string of the molecule is Cn1c2ccccc2c2c(NCCCN)nc3cccc([N+](=O)[O-])c3c21. The number of hydrogen-bond donors (Lipinski definition) is 2. The molecule has 7 heteroatoms. The van der Waals surface area contributed by atoms with Crippen molar-refractivity contribution in [2.24, 2.45) is 12.8 Å². The average molecular weight is 349 g/mol. The van der Waals surface area contributed by atoms with E-state index in [1.54, 1.807) is 6.07 Å². The number of pyridine rings is 1. The molecule has 4 rings (SSSR count). The number of fused-ring (bicyclic) bond motifs is 5. The van der Waals surface area contributed by atoms with Crippen molar-refractivity contribution in [1.29, 1.82) is 0 Å². The number of nitro groups is 1. The standard InChI is InChI=1S/C19H19N5O2/c1-23-14-8-3-2-6-12(14)16-18(23)17-13(7-4-9-15(17)24(25)26)22-19(16)21-11-5-10-20/h2-4,6-9H,5,10-11,20H2,1H3,(H,21,22). The average Bonchev–Trinajstić information content (AvgIpc) is 2.95. The fraction of sp³-hybridized carbons (Fsp3) is 0.211. The number of nitrogens with zero attached hydrogens (tertiary/aromatic N) is 3. The summed E-state index contributed by atoms with van der Waals surface area (Å²) in [7, 11) is 1.94. The van der Waals surface area contributed by atoms with Gasteiger partial charge in [-0.05, 0) is 25.1 Å². The van der Waals surface area contributed by atoms with Gasteiger partial charge in [0.2, 0.25) is 0 Å². The van der Waals surface area contributed by atoms with Crippen LogP contribution in [-0.4, -0.2) is 27.6 Å². The largest absolute Gasteiger partial charge is 0.369 e. The molecule has 0 fully saturated rings. The molecule has 26 heavy (non-hydrogen) atoms. The van der Waals surface area contributed by atoms with Gasteiger partial charge < -0.3 is 15.6 Å². The van der Waals surface area contributed by atoms with E-state index in [4.69, 9.17) is 10.7 Å². The molecular formula is C19H19N5O2. The molecule has 0 spiro atoms. The van der Waals surface area contributed by atoms with Crippen molar-refractivity contribution in [3.8, 4) is 0 Å². The van der Waals surface area contributed by atoms with Crippen LogP contribution in [-0.2, 0) is 7.05 Å². The number of rotatable bonds is 5. The highest BCUT2D eigenvalue weighted by Gasteiger charge is 2.22. The first-order valence-corrected chi connectivity index (χ1v) is 8.51. The van der Waals surface area contributed by atoms with Gasteiger partial charge >= 0.3 is 0 Å². The summed E-state index contributed by atoms with van der Waals surface area (Å²) in [6, 6.07) is 13.0. The van der Waals surface area contributed by atoms with Gasteiger partial charge in [0.15, 0.2) is 0 Å². The molecule has 0 aliphatic carbocycles. The Morgan fingerprint density at radius 2 is 2.00 bits per heavy atom. The molecule has 0 bridgehead atoms. The number of aromatic nitrogens is 2. The van der Waals surface area contributed by atoms with Crippen molar-refractivity contribution in [3.63, 3.8) is 0 Å². The Morgan fingerprint density at radius 3 is 2.77 bits per heavy atom. The summed E-state index contributed by atoms with van der Waals surface area (Å²) >= 11 is 0. The summed E-state index contributed by atoms with van der Waals surface area (Å²) in [5.74, 6) is 0.734. The van der Waals surface area contributed by atoms with Gasteiger partial charge in [-0.1, -0.05) is 24.3 Å². The van der Waals surface area contributed by atoms with Crippen LogP contribution >= 0.6 is 0 Å². The highest BCUT2D eigenvalue weighted by molar-refractivity contribution is 6.22. The Kier molecular flexibility index (Phi) is 3.93. The van der Waals surface area contributed by atoms with Gasteiger partial charge in [0.1, 0.15) is 11.2 Å². The second kappa shape index (κ2) is 6.27. The van der Waals surface area contributed by atoms with E-state index in [1.807, 2.05) is 41.9 Å². The molecule has 2 aromatic heterocycles. The first kappa shape index (κ1) is 16.3. The molecule has 0 unspecified atom stereocenters. The molecule has 3 N–H and O–H groups in total. The second-order valence-electron chi connectivity index (χ2n) is 6.26. The van der Waals surface area contributed by atoms with E-state index in [9.17, 15) is 10.1 Å². The first-order chi connectivity index (χ1) is 12.6. The summed E-state index contributed by atoms with van der Waals surface area (Å²) in [4.78, 5) is 16.0. The van der Waals surface area contributed by atoms with Crippen LogP contribution in [0.3, 0.4) is 0 Å². The number of aryl methyl sites for hydroxylation is 1. The molecule has 2 heterocycles. The Morgan fingerprint density at radius 1 is 1.19 bits per heavy atom. The number of non-ortho nitro benzene ring substituents is 1. The topological polar surface area (TPSA) is 99.0 Å². The molecular weight excluding hydrogens is 330 g/mol. The maximum atomic E-state index is 11.6. The fourth-order valence-corrected chi connectivity index (χ4v) is 3.56. The molecule has 0 saturated carbocycles. The zero-order chi connectivity index (χ0) is 18.3. The smallest absolute Gasteiger partial charge is 0.280 e. The van der Waals surface area contributed by atoms with Crippen LogP contribution in [0.5, 0.6) is 0 Å². The molecule has 2 aromatic carbocycles. The number of nitrogens with two attached hydrogens (primary N) is 1. The minimum atomic E-state index is -0.345. The van der Waals surface area contributed by atoms with E-state index < -0.39 is 0 Å². The minimum absolute atomic E-state index is 0.0689. The van der Waals surface area contributed by atoms with Crippen LogP contribution in [0.4, 0.5) is 11.5 Å². The lowest BCUT2D eigenvalue weighted by atomic mass is 10.1. The molecule has 4 aromatic rings. The van der Waals surface area contributed by atoms with Crippen LogP contribution < -0.4 is 11.1 Å². The van der Waals surface area contributed by atoms with Gasteiger partial charge in [-0.15, -0.1) is 0 Å². The van der Waals surface area contributed by atoms with Crippen molar-refractivity contribution in [3.05, 3.63) is 52.6 Å². The maximum Gasteiger partial charge on any atom is 0.280 e. The lowest BCUT2D eigenvalue weighted by Crippen LogP contribution is -2.10. The molecule has 132 valence electrons. The van der Waals surface area contributed by atoms with Crippen LogP contribution in [0.2, 0.25) is 0 Å². The van der Waals surface area contributed by atoms with E-state index in [1.165, 1.54) is 6.07 Å². The second-order valence-corrected chi connectivity index (χ2v) is 6.26. The summed E-state index contributed by atoms with van der Waals surface area (Å²) in [6.45, 7) is 1.28. The predicted octanol–water partition coefficient (Wildman–Crippen LogP) is 3.55. The van der Waals surface area contributed by atoms with Crippen LogP contribution in [0.25, 0.3) is 32.7 Å². The zero-order valence-corrected chi connectivity index (χ0v) is 14.4. The number of nitrogens with one attached hydrogen (secondary N) is 1. The molecule has 7 nitrogen and oxygen atoms in total. The van der Waals surface area contributed by atoms with Crippen molar-refractivity contribution in [2.45, 2.75) is 6.42 Å². The lowest BCUT2D eigenvalue weighted by Gasteiger charge is -2.10. The predicted molar refractivity (Wildman–Crippen MR) is 105 cm³/mol. The van der Waals surface area contributed by atoms with E-state index in [0.29, 0.717) is 24.0 Å². The van der Waals surface area contributed by atoms with E-state index >= 15 is 0 Å². The first-order valence-electron chi connectivity index (χ1n) is 8.51. The third-order valence-corrected chi connectivity index (χ3v) is 4.70. The minimum Gasteiger partial charge on any atom is -0.369 e. The highest BCUT2D eigenvalue weighted by Crippen LogP contribution is 2.40. The summed E-state index contributed by atoms with van der Waals surface area (Å²) in [6.07, 6.45) is 0.820. The highest BCUT2D eigenvalue weighted by atomic mass is 16.6. The molecule has 0 aliphatic rings. The summed E-state index contributed by atoms with van der Waals surface area (Å²) in [5, 5.41) is 17.5. The molecule has 0 aliphatic heterocycles. The summed E-state index contributed by atoms with van der Waals surface area (Å²) < 4.78 is 2.01. The van der Waals surface area contributed by atoms with Crippen LogP contribution in [0, 0.1) is 10.1 Å². The quantitative estimate of drug-likeness (QED) is 0.326. The van der Waals surface area contributed by atoms with Crippen LogP contribution in [0.15, 0.2) is 42.5 Å². The van der Waals surface area contributed by atoms with Crippen molar-refractivity contribution < 1.29 is 4.92 Å². The summed E-state index contributed by atoms with van der Waals surface area (Å²) in [5.41, 5.74) is 8.11. The van der Waals surface area contributed by atoms with Crippen molar-refractivity contribution in [1.82, 2.24) is 9.55 Å². The molecule has 0 radical (unpaired) electrons.